The number of rotatable bonds is 4. The summed E-state index contributed by atoms with van der Waals surface area (Å²) in [6, 6.07) is 8.77. The molecule has 1 amide bonds. The lowest BCUT2D eigenvalue weighted by atomic mass is 10.1. The third-order valence-corrected chi connectivity index (χ3v) is 3.52. The lowest BCUT2D eigenvalue weighted by Crippen LogP contribution is -2.35. The second kappa shape index (κ2) is 6.57. The van der Waals surface area contributed by atoms with E-state index < -0.39 is 0 Å². The average Bonchev–Trinajstić information content (AvgIpc) is 2.42. The monoisotopic (exact) mass is 261 g/mol. The van der Waals surface area contributed by atoms with Crippen molar-refractivity contribution in [1.29, 1.82) is 0 Å². The molecule has 0 aliphatic carbocycles. The summed E-state index contributed by atoms with van der Waals surface area (Å²) in [5.74, 6) is 0.138. The zero-order chi connectivity index (χ0) is 13.7. The van der Waals surface area contributed by atoms with Gasteiger partial charge in [-0.05, 0) is 43.6 Å². The van der Waals surface area contributed by atoms with Crippen LogP contribution in [-0.2, 0) is 11.2 Å². The molecule has 1 aliphatic rings. The number of hydrogen-bond acceptors (Lipinski definition) is 3. The normalized spacial score (nSPS) is 16.1. The molecule has 0 unspecified atom stereocenters. The molecule has 1 aromatic carbocycles. The van der Waals surface area contributed by atoms with Crippen LogP contribution in [-0.4, -0.2) is 44.0 Å². The van der Waals surface area contributed by atoms with Crippen molar-refractivity contribution in [3.05, 3.63) is 29.8 Å². The molecule has 1 aromatic rings. The lowest BCUT2D eigenvalue weighted by Gasteiger charge is -2.24. The molecular formula is C15H23N3O. The molecule has 4 nitrogen and oxygen atoms in total. The van der Waals surface area contributed by atoms with Crippen molar-refractivity contribution in [2.24, 2.45) is 0 Å². The van der Waals surface area contributed by atoms with Gasteiger partial charge in [0.05, 0.1) is 6.42 Å². The molecular weight excluding hydrogens is 238 g/mol. The van der Waals surface area contributed by atoms with Crippen molar-refractivity contribution in [3.8, 4) is 0 Å². The number of benzene rings is 1. The first-order chi connectivity index (χ1) is 9.15. The minimum atomic E-state index is 0.138. The third-order valence-electron chi connectivity index (χ3n) is 3.52. The largest absolute Gasteiger partial charge is 0.382 e. The maximum Gasteiger partial charge on any atom is 0.226 e. The smallest absolute Gasteiger partial charge is 0.226 e. The topological polar surface area (TPSA) is 44.4 Å². The molecule has 0 aromatic heterocycles. The molecule has 2 rings (SSSR count). The predicted octanol–water partition coefficient (Wildman–Crippen LogP) is 1.48. The van der Waals surface area contributed by atoms with E-state index in [1.54, 1.807) is 19.0 Å². The second-order valence-electron chi connectivity index (χ2n) is 5.33. The van der Waals surface area contributed by atoms with Gasteiger partial charge in [0.2, 0.25) is 5.91 Å². The maximum atomic E-state index is 11.6. The Bertz CT molecular complexity index is 408. The Morgan fingerprint density at radius 3 is 2.47 bits per heavy atom. The zero-order valence-electron chi connectivity index (χ0n) is 11.8. The van der Waals surface area contributed by atoms with Gasteiger partial charge in [0.1, 0.15) is 0 Å². The van der Waals surface area contributed by atoms with E-state index in [1.807, 2.05) is 12.1 Å². The van der Waals surface area contributed by atoms with Crippen LogP contribution in [0.1, 0.15) is 18.4 Å². The van der Waals surface area contributed by atoms with Gasteiger partial charge in [-0.1, -0.05) is 12.1 Å². The Balaban J connectivity index is 1.88. The molecule has 0 spiro atoms. The minimum absolute atomic E-state index is 0.138. The quantitative estimate of drug-likeness (QED) is 0.863. The Kier molecular flexibility index (Phi) is 4.80. The van der Waals surface area contributed by atoms with E-state index in [2.05, 4.69) is 22.8 Å². The Labute approximate surface area is 115 Å². The van der Waals surface area contributed by atoms with Gasteiger partial charge < -0.3 is 15.5 Å². The van der Waals surface area contributed by atoms with E-state index >= 15 is 0 Å². The van der Waals surface area contributed by atoms with Crippen LogP contribution >= 0.6 is 0 Å². The summed E-state index contributed by atoms with van der Waals surface area (Å²) in [6.07, 6.45) is 2.81. The molecule has 1 saturated heterocycles. The van der Waals surface area contributed by atoms with Crippen LogP contribution in [0.15, 0.2) is 24.3 Å². The van der Waals surface area contributed by atoms with Crippen molar-refractivity contribution in [2.45, 2.75) is 25.3 Å². The third kappa shape index (κ3) is 4.24. The minimum Gasteiger partial charge on any atom is -0.382 e. The average molecular weight is 261 g/mol. The highest BCUT2D eigenvalue weighted by molar-refractivity contribution is 5.78. The van der Waals surface area contributed by atoms with Gasteiger partial charge in [-0.2, -0.15) is 0 Å². The molecule has 0 atom stereocenters. The number of anilines is 1. The van der Waals surface area contributed by atoms with Crippen LogP contribution in [0.25, 0.3) is 0 Å². The Morgan fingerprint density at radius 2 is 1.89 bits per heavy atom. The van der Waals surface area contributed by atoms with E-state index in [1.165, 1.54) is 12.8 Å². The van der Waals surface area contributed by atoms with Gasteiger partial charge in [0.25, 0.3) is 0 Å². The van der Waals surface area contributed by atoms with Crippen molar-refractivity contribution < 1.29 is 4.79 Å². The number of hydrogen-bond donors (Lipinski definition) is 2. The Morgan fingerprint density at radius 1 is 1.26 bits per heavy atom. The number of nitrogens with one attached hydrogen (secondary N) is 2. The highest BCUT2D eigenvalue weighted by Gasteiger charge is 2.12. The molecule has 1 fully saturated rings. The van der Waals surface area contributed by atoms with Gasteiger partial charge >= 0.3 is 0 Å². The second-order valence-corrected chi connectivity index (χ2v) is 5.33. The van der Waals surface area contributed by atoms with Gasteiger partial charge in [-0.15, -0.1) is 0 Å². The summed E-state index contributed by atoms with van der Waals surface area (Å²) in [7, 11) is 3.57. The standard InChI is InChI=1S/C15H23N3O/c1-18(2)15(19)11-12-3-5-13(6-4-12)17-14-7-9-16-10-8-14/h3-6,14,16-17H,7-11H2,1-2H3. The van der Waals surface area contributed by atoms with E-state index in [0.717, 1.165) is 24.3 Å². The van der Waals surface area contributed by atoms with Crippen molar-refractivity contribution in [3.63, 3.8) is 0 Å². The number of amides is 1. The van der Waals surface area contributed by atoms with Gasteiger partial charge in [0, 0.05) is 25.8 Å². The van der Waals surface area contributed by atoms with Gasteiger partial charge in [-0.25, -0.2) is 0 Å². The van der Waals surface area contributed by atoms with Crippen LogP contribution in [0, 0.1) is 0 Å². The first kappa shape index (κ1) is 13.9. The van der Waals surface area contributed by atoms with E-state index in [9.17, 15) is 4.79 Å². The fourth-order valence-corrected chi connectivity index (χ4v) is 2.25. The van der Waals surface area contributed by atoms with E-state index in [-0.39, 0.29) is 5.91 Å². The molecule has 2 N–H and O–H groups in total. The van der Waals surface area contributed by atoms with Crippen molar-refractivity contribution >= 4 is 11.6 Å². The summed E-state index contributed by atoms with van der Waals surface area (Å²) in [6.45, 7) is 2.18. The summed E-state index contributed by atoms with van der Waals surface area (Å²) in [5, 5.41) is 6.91. The van der Waals surface area contributed by atoms with Crippen LogP contribution in [0.3, 0.4) is 0 Å². The number of carbonyl (C=O) groups excluding carboxylic acids is 1. The fourth-order valence-electron chi connectivity index (χ4n) is 2.25. The fraction of sp³-hybridized carbons (Fsp3) is 0.533. The van der Waals surface area contributed by atoms with Crippen LogP contribution in [0.4, 0.5) is 5.69 Å². The van der Waals surface area contributed by atoms with Gasteiger partial charge in [0.15, 0.2) is 0 Å². The SMILES string of the molecule is CN(C)C(=O)Cc1ccc(NC2CCNCC2)cc1. The molecule has 104 valence electrons. The van der Waals surface area contributed by atoms with Crippen LogP contribution in [0.2, 0.25) is 0 Å². The maximum absolute atomic E-state index is 11.6. The molecule has 19 heavy (non-hydrogen) atoms. The first-order valence-corrected chi connectivity index (χ1v) is 6.91. The summed E-state index contributed by atoms with van der Waals surface area (Å²) in [5.41, 5.74) is 2.21. The summed E-state index contributed by atoms with van der Waals surface area (Å²) < 4.78 is 0. The summed E-state index contributed by atoms with van der Waals surface area (Å²) in [4.78, 5) is 13.2. The number of likely N-dealkylation sites (N-methyl/N-ethyl adjacent to an activating group) is 1. The van der Waals surface area contributed by atoms with Crippen LogP contribution in [0.5, 0.6) is 0 Å². The Hall–Kier alpha value is -1.55. The molecule has 0 radical (unpaired) electrons. The highest BCUT2D eigenvalue weighted by Crippen LogP contribution is 2.15. The molecule has 4 heteroatoms. The first-order valence-electron chi connectivity index (χ1n) is 6.91. The number of piperidine rings is 1. The lowest BCUT2D eigenvalue weighted by molar-refractivity contribution is -0.127. The molecule has 0 saturated carbocycles. The van der Waals surface area contributed by atoms with Crippen molar-refractivity contribution in [1.82, 2.24) is 10.2 Å². The predicted molar refractivity (Wildman–Crippen MR) is 78.4 cm³/mol. The molecule has 0 bridgehead atoms. The number of carbonyl (C=O) groups is 1. The van der Waals surface area contributed by atoms with Crippen LogP contribution < -0.4 is 10.6 Å². The zero-order valence-corrected chi connectivity index (χ0v) is 11.8. The molecule has 1 heterocycles. The van der Waals surface area contributed by atoms with Crippen molar-refractivity contribution in [2.75, 3.05) is 32.5 Å². The summed E-state index contributed by atoms with van der Waals surface area (Å²) >= 11 is 0. The number of nitrogens with zero attached hydrogens (tertiary/aromatic N) is 1. The van der Waals surface area contributed by atoms with E-state index in [4.69, 9.17) is 0 Å². The highest BCUT2D eigenvalue weighted by atomic mass is 16.2. The van der Waals surface area contributed by atoms with E-state index in [0.29, 0.717) is 12.5 Å². The van der Waals surface area contributed by atoms with Gasteiger partial charge in [-0.3, -0.25) is 4.79 Å². The molecule has 1 aliphatic heterocycles.